The molecule has 0 aliphatic carbocycles. The number of alkyl halides is 1. The standard InChI is InChI=1S/C52H58N10O9.C4H11N.C3H8.CH3Cl/c1-32(2)26-41(58-45(63)30-53-19-6-7-20-62-47(65)16-17-48(62)66)50(68)54-31-46(64)55-35-12-10-33(11-13-35)49(67)56-36-14-15-40-34(27-36)28-42(57-40)51(69)61-21-18-38-37-8-4-5-9-39(37)44(29-43(38)61)71-52(70)60-24-22-59(3)23-25-60;1-2-3-4-5;1-3-2;1-2/h4-5,8-17,27-29,32,41,53,57H,6-7,18-26,30-31H2,1-3H3,(H,54,68)(H,55,64)(H,56,67)(H,58,63);2-5H2,1H3;3H2,1-2H3;1H3/t41-;;;/m0.../s1. The summed E-state index contributed by atoms with van der Waals surface area (Å²) in [7, 11) is 2.02. The summed E-state index contributed by atoms with van der Waals surface area (Å²) >= 11 is 4.64. The van der Waals surface area contributed by atoms with Gasteiger partial charge >= 0.3 is 6.09 Å². The molecule has 20 nitrogen and oxygen atoms in total. The lowest BCUT2D eigenvalue weighted by atomic mass is 10.0. The summed E-state index contributed by atoms with van der Waals surface area (Å²) in [6.45, 7) is 14.5. The van der Waals surface area contributed by atoms with E-state index in [1.807, 2.05) is 45.2 Å². The van der Waals surface area contributed by atoms with Crippen molar-refractivity contribution in [1.29, 1.82) is 0 Å². The van der Waals surface area contributed by atoms with E-state index in [4.69, 9.17) is 10.5 Å². The minimum atomic E-state index is -0.867. The van der Waals surface area contributed by atoms with Gasteiger partial charge in [0, 0.05) is 97.1 Å². The van der Waals surface area contributed by atoms with Gasteiger partial charge in [-0.25, -0.2) is 4.79 Å². The van der Waals surface area contributed by atoms with Crippen molar-refractivity contribution in [2.45, 2.75) is 85.6 Å². The third-order valence-electron chi connectivity index (χ3n) is 13.2. The number of likely N-dealkylation sites (N-methyl/N-ethyl adjacent to an activating group) is 1. The van der Waals surface area contributed by atoms with Crippen molar-refractivity contribution in [1.82, 2.24) is 35.6 Å². The van der Waals surface area contributed by atoms with Crippen LogP contribution in [0.2, 0.25) is 0 Å². The molecule has 1 fully saturated rings. The monoisotopic (exact) mass is 1130 g/mol. The molecule has 0 bridgehead atoms. The zero-order valence-corrected chi connectivity index (χ0v) is 48.5. The van der Waals surface area contributed by atoms with Crippen LogP contribution < -0.4 is 42.0 Å². The molecule has 1 atom stereocenters. The predicted octanol–water partition coefficient (Wildman–Crippen LogP) is 7.42. The minimum absolute atomic E-state index is 0.0410. The van der Waals surface area contributed by atoms with Gasteiger partial charge in [-0.05, 0) is 118 Å². The third kappa shape index (κ3) is 18.7. The lowest BCUT2D eigenvalue weighted by molar-refractivity contribution is -0.136. The SMILES string of the molecule is CC(C)C[C@H](NC(=O)CNCCCCN1C(=O)C=CC1=O)C(=O)NCC(=O)Nc1ccc(C(=O)Nc2ccc3[nH]c(C(=O)N4CCc5c4cc(OC(=O)N4CCN(C)CC4)c4ccccc54)cc3c2)cc1.CCC.CCCCN.CCl. The number of ether oxygens (including phenoxy) is 1. The van der Waals surface area contributed by atoms with Crippen LogP contribution in [0.5, 0.6) is 5.75 Å². The number of nitrogens with one attached hydrogen (secondary N) is 6. The van der Waals surface area contributed by atoms with Gasteiger partial charge in [0.05, 0.1) is 18.8 Å². The van der Waals surface area contributed by atoms with E-state index in [1.165, 1.54) is 42.7 Å². The highest BCUT2D eigenvalue weighted by molar-refractivity contribution is 6.15. The molecule has 0 spiro atoms. The Morgan fingerprint density at radius 3 is 2.07 bits per heavy atom. The fourth-order valence-corrected chi connectivity index (χ4v) is 9.08. The Labute approximate surface area is 479 Å². The highest BCUT2D eigenvalue weighted by atomic mass is 35.5. The number of carbonyl (C=O) groups is 8. The first-order chi connectivity index (χ1) is 39.0. The Bertz CT molecular complexity index is 2970. The predicted molar refractivity (Wildman–Crippen MR) is 320 cm³/mol. The summed E-state index contributed by atoms with van der Waals surface area (Å²) in [6, 6.07) is 22.0. The van der Waals surface area contributed by atoms with Crippen molar-refractivity contribution in [3.8, 4) is 5.75 Å². The number of aromatic nitrogens is 1. The van der Waals surface area contributed by atoms with E-state index in [0.717, 1.165) is 36.0 Å². The van der Waals surface area contributed by atoms with Gasteiger partial charge in [-0.3, -0.25) is 38.5 Å². The van der Waals surface area contributed by atoms with Crippen LogP contribution >= 0.6 is 11.6 Å². The number of hydrogen-bond acceptors (Lipinski definition) is 12. The first-order valence-corrected chi connectivity index (χ1v) is 28.5. The number of amides is 8. The highest BCUT2D eigenvalue weighted by Gasteiger charge is 2.31. The number of nitrogens with zero attached hydrogens (tertiary/aromatic N) is 4. The van der Waals surface area contributed by atoms with Gasteiger partial charge in [-0.15, -0.1) is 11.6 Å². The van der Waals surface area contributed by atoms with Crippen LogP contribution in [-0.4, -0.2) is 152 Å². The lowest BCUT2D eigenvalue weighted by Crippen LogP contribution is -2.50. The number of fused-ring (bicyclic) bond motifs is 4. The van der Waals surface area contributed by atoms with Crippen molar-refractivity contribution in [3.63, 3.8) is 0 Å². The Kier molecular flexibility index (Phi) is 25.8. The molecule has 4 aromatic carbocycles. The fourth-order valence-electron chi connectivity index (χ4n) is 9.08. The molecule has 3 aliphatic heterocycles. The zero-order valence-electron chi connectivity index (χ0n) is 47.8. The fraction of sp³-hybridized carbons (Fsp3) is 0.433. The number of rotatable bonds is 20. The maximum absolute atomic E-state index is 14.2. The number of imide groups is 1. The normalized spacial score (nSPS) is 14.0. The molecule has 0 radical (unpaired) electrons. The maximum atomic E-state index is 14.2. The zero-order chi connectivity index (χ0) is 59.0. The number of unbranched alkanes of at least 4 members (excludes halogenated alkanes) is 2. The van der Waals surface area contributed by atoms with E-state index in [2.05, 4.69) is 68.8 Å². The largest absolute Gasteiger partial charge is 0.415 e. The van der Waals surface area contributed by atoms with Gasteiger partial charge in [0.15, 0.2) is 0 Å². The van der Waals surface area contributed by atoms with Crippen LogP contribution in [0.1, 0.15) is 99.6 Å². The van der Waals surface area contributed by atoms with E-state index in [1.54, 1.807) is 64.4 Å². The highest BCUT2D eigenvalue weighted by Crippen LogP contribution is 2.41. The second kappa shape index (κ2) is 32.6. The van der Waals surface area contributed by atoms with Crippen LogP contribution in [0.15, 0.2) is 91.0 Å². The van der Waals surface area contributed by atoms with E-state index in [9.17, 15) is 38.4 Å². The smallest absolute Gasteiger partial charge is 0.409 e. The Morgan fingerprint density at radius 2 is 1.43 bits per heavy atom. The van der Waals surface area contributed by atoms with Gasteiger partial charge < -0.3 is 56.7 Å². The summed E-state index contributed by atoms with van der Waals surface area (Å²) in [5, 5.41) is 16.4. The number of anilines is 3. The van der Waals surface area contributed by atoms with Crippen molar-refractivity contribution >= 4 is 97.8 Å². The Hall–Kier alpha value is -7.65. The molecule has 3 aliphatic rings. The molecule has 4 heterocycles. The summed E-state index contributed by atoms with van der Waals surface area (Å²) in [5.41, 5.74) is 9.12. The van der Waals surface area contributed by atoms with Gasteiger partial charge in [0.1, 0.15) is 17.5 Å². The number of nitrogens with two attached hydrogens (primary N) is 1. The molecule has 5 aromatic rings. The molecule has 0 unspecified atom stereocenters. The minimum Gasteiger partial charge on any atom is -0.409 e. The average molecular weight is 1130 g/mol. The van der Waals surface area contributed by atoms with Crippen molar-refractivity contribution in [3.05, 3.63) is 108 Å². The lowest BCUT2D eigenvalue weighted by Gasteiger charge is -2.31. The van der Waals surface area contributed by atoms with E-state index in [-0.39, 0.29) is 36.7 Å². The molecular weight excluding hydrogens is 1050 g/mol. The van der Waals surface area contributed by atoms with Crippen LogP contribution in [0.25, 0.3) is 21.7 Å². The van der Waals surface area contributed by atoms with Gasteiger partial charge in [0.2, 0.25) is 17.7 Å². The number of aromatic amines is 1. The number of halogens is 1. The average Bonchev–Trinajstić information content (AvgIpc) is 4.38. The molecule has 21 heteroatoms. The van der Waals surface area contributed by atoms with Crippen LogP contribution in [0.3, 0.4) is 0 Å². The van der Waals surface area contributed by atoms with Crippen molar-refractivity contribution in [2.75, 3.05) is 94.4 Å². The molecule has 8 amide bonds. The second-order valence-corrected chi connectivity index (χ2v) is 20.2. The first-order valence-electron chi connectivity index (χ1n) is 27.8. The van der Waals surface area contributed by atoms with E-state index >= 15 is 0 Å². The number of carbonyl (C=O) groups excluding carboxylic acids is 8. The van der Waals surface area contributed by atoms with Crippen molar-refractivity contribution < 1.29 is 43.1 Å². The summed E-state index contributed by atoms with van der Waals surface area (Å²) in [6.07, 6.45) is 9.36. The quantitative estimate of drug-likeness (QED) is 0.0228. The summed E-state index contributed by atoms with van der Waals surface area (Å²) in [5.74, 6) is -2.24. The Balaban J connectivity index is 0.00000112. The molecular formula is C60H80ClN11O9. The van der Waals surface area contributed by atoms with Crippen LogP contribution in [0.4, 0.5) is 21.9 Å². The second-order valence-electron chi connectivity index (χ2n) is 20.2. The number of piperazine rings is 1. The van der Waals surface area contributed by atoms with Gasteiger partial charge in [-0.2, -0.15) is 0 Å². The van der Waals surface area contributed by atoms with Gasteiger partial charge in [0.25, 0.3) is 23.6 Å². The number of benzene rings is 4. The molecule has 436 valence electrons. The Morgan fingerprint density at radius 1 is 0.765 bits per heavy atom. The topological polar surface area (TPSA) is 261 Å². The molecule has 81 heavy (non-hydrogen) atoms. The molecule has 8 rings (SSSR count). The van der Waals surface area contributed by atoms with Crippen LogP contribution in [0, 0.1) is 5.92 Å². The van der Waals surface area contributed by atoms with Gasteiger partial charge in [-0.1, -0.05) is 71.7 Å². The summed E-state index contributed by atoms with van der Waals surface area (Å²) < 4.78 is 6.01. The van der Waals surface area contributed by atoms with Crippen molar-refractivity contribution in [2.24, 2.45) is 11.7 Å². The van der Waals surface area contributed by atoms with E-state index in [0.29, 0.717) is 103 Å². The first kappa shape index (κ1) is 64.2. The van der Waals surface area contributed by atoms with E-state index < -0.39 is 35.8 Å². The molecule has 0 saturated carbocycles. The van der Waals surface area contributed by atoms with Crippen LogP contribution in [-0.2, 0) is 30.4 Å². The molecule has 1 saturated heterocycles. The third-order valence-corrected chi connectivity index (χ3v) is 13.2. The number of hydrogen-bond donors (Lipinski definition) is 7. The molecule has 1 aromatic heterocycles. The molecule has 8 N–H and O–H groups in total. The summed E-state index contributed by atoms with van der Waals surface area (Å²) in [4.78, 5) is 113. The number of H-pyrrole nitrogens is 1. The maximum Gasteiger partial charge on any atom is 0.415 e.